The number of nitrogens with one attached hydrogen (secondary N) is 1. The summed E-state index contributed by atoms with van der Waals surface area (Å²) in [5.74, 6) is 2.72. The molecule has 0 aliphatic heterocycles. The Morgan fingerprint density at radius 1 is 1.28 bits per heavy atom. The molecule has 0 heterocycles. The van der Waals surface area contributed by atoms with Crippen LogP contribution in [-0.2, 0) is 0 Å². The second-order valence-corrected chi connectivity index (χ2v) is 4.50. The van der Waals surface area contributed by atoms with Gasteiger partial charge in [-0.25, -0.2) is 0 Å². The molecule has 0 bridgehead atoms. The second-order valence-electron chi connectivity index (χ2n) is 4.50. The van der Waals surface area contributed by atoms with E-state index in [2.05, 4.69) is 61.2 Å². The molecule has 1 atom stereocenters. The lowest BCUT2D eigenvalue weighted by atomic mass is 10.1. The van der Waals surface area contributed by atoms with E-state index in [-0.39, 0.29) is 0 Å². The first-order valence-corrected chi connectivity index (χ1v) is 6.74. The Balaban J connectivity index is 2.77. The van der Waals surface area contributed by atoms with Gasteiger partial charge >= 0.3 is 0 Å². The summed E-state index contributed by atoms with van der Waals surface area (Å²) < 4.78 is 0. The molecule has 18 heavy (non-hydrogen) atoms. The first-order valence-electron chi connectivity index (χ1n) is 6.74. The lowest BCUT2D eigenvalue weighted by Crippen LogP contribution is -2.24. The highest BCUT2D eigenvalue weighted by Crippen LogP contribution is 2.19. The fourth-order valence-electron chi connectivity index (χ4n) is 2.08. The van der Waals surface area contributed by atoms with Crippen molar-refractivity contribution in [3.8, 4) is 12.3 Å². The van der Waals surface area contributed by atoms with Crippen molar-refractivity contribution in [3.05, 3.63) is 29.8 Å². The molecule has 0 fully saturated rings. The third kappa shape index (κ3) is 4.09. The quantitative estimate of drug-likeness (QED) is 0.741. The van der Waals surface area contributed by atoms with Crippen LogP contribution in [0.5, 0.6) is 0 Å². The Labute approximate surface area is 111 Å². The average molecular weight is 244 g/mol. The SMILES string of the molecule is C#CCN(CCC)c1ccc(C(C)NCC)cc1. The van der Waals surface area contributed by atoms with E-state index in [9.17, 15) is 0 Å². The molecule has 1 rings (SSSR count). The molecule has 2 heteroatoms. The highest BCUT2D eigenvalue weighted by atomic mass is 15.1. The minimum atomic E-state index is 0.399. The van der Waals surface area contributed by atoms with Crippen LogP contribution in [0.3, 0.4) is 0 Å². The van der Waals surface area contributed by atoms with Gasteiger partial charge in [0.25, 0.3) is 0 Å². The first kappa shape index (κ1) is 14.6. The van der Waals surface area contributed by atoms with Crippen LogP contribution in [0.25, 0.3) is 0 Å². The Morgan fingerprint density at radius 3 is 2.44 bits per heavy atom. The fraction of sp³-hybridized carbons (Fsp3) is 0.500. The highest BCUT2D eigenvalue weighted by molar-refractivity contribution is 5.49. The van der Waals surface area contributed by atoms with Crippen molar-refractivity contribution < 1.29 is 0 Å². The number of hydrogen-bond donors (Lipinski definition) is 1. The summed E-state index contributed by atoms with van der Waals surface area (Å²) in [4.78, 5) is 2.24. The van der Waals surface area contributed by atoms with E-state index in [0.717, 1.165) is 19.5 Å². The van der Waals surface area contributed by atoms with Gasteiger partial charge in [-0.05, 0) is 37.6 Å². The number of anilines is 1. The van der Waals surface area contributed by atoms with Crippen molar-refractivity contribution in [2.45, 2.75) is 33.2 Å². The lowest BCUT2D eigenvalue weighted by molar-refractivity contribution is 0.598. The van der Waals surface area contributed by atoms with Crippen LogP contribution >= 0.6 is 0 Å². The van der Waals surface area contributed by atoms with Gasteiger partial charge in [-0.1, -0.05) is 31.9 Å². The van der Waals surface area contributed by atoms with Crippen molar-refractivity contribution in [3.63, 3.8) is 0 Å². The molecule has 0 spiro atoms. The minimum Gasteiger partial charge on any atom is -0.360 e. The summed E-state index contributed by atoms with van der Waals surface area (Å²) in [6.45, 7) is 9.15. The lowest BCUT2D eigenvalue weighted by Gasteiger charge is -2.22. The van der Waals surface area contributed by atoms with Gasteiger partial charge < -0.3 is 10.2 Å². The molecule has 1 unspecified atom stereocenters. The van der Waals surface area contributed by atoms with E-state index in [1.807, 2.05) is 0 Å². The predicted molar refractivity (Wildman–Crippen MR) is 79.9 cm³/mol. The van der Waals surface area contributed by atoms with E-state index in [1.165, 1.54) is 11.3 Å². The van der Waals surface area contributed by atoms with Gasteiger partial charge in [-0.2, -0.15) is 0 Å². The number of benzene rings is 1. The monoisotopic (exact) mass is 244 g/mol. The van der Waals surface area contributed by atoms with Crippen LogP contribution in [0, 0.1) is 12.3 Å². The molecule has 0 saturated heterocycles. The maximum absolute atomic E-state index is 5.41. The van der Waals surface area contributed by atoms with E-state index in [0.29, 0.717) is 12.6 Å². The van der Waals surface area contributed by atoms with Gasteiger partial charge in [-0.15, -0.1) is 6.42 Å². The molecule has 98 valence electrons. The maximum atomic E-state index is 5.41. The number of rotatable bonds is 7. The molecule has 0 aromatic heterocycles. The maximum Gasteiger partial charge on any atom is 0.0791 e. The normalized spacial score (nSPS) is 11.9. The van der Waals surface area contributed by atoms with E-state index >= 15 is 0 Å². The molecule has 0 aliphatic carbocycles. The van der Waals surface area contributed by atoms with Crippen LogP contribution < -0.4 is 10.2 Å². The zero-order valence-electron chi connectivity index (χ0n) is 11.7. The van der Waals surface area contributed by atoms with E-state index in [1.54, 1.807) is 0 Å². The van der Waals surface area contributed by atoms with Crippen molar-refractivity contribution in [2.24, 2.45) is 0 Å². The molecule has 0 saturated carbocycles. The van der Waals surface area contributed by atoms with Gasteiger partial charge in [-0.3, -0.25) is 0 Å². The van der Waals surface area contributed by atoms with Crippen LogP contribution in [0.4, 0.5) is 5.69 Å². The van der Waals surface area contributed by atoms with Gasteiger partial charge in [0.1, 0.15) is 0 Å². The fourth-order valence-corrected chi connectivity index (χ4v) is 2.08. The Bertz CT molecular complexity index is 375. The molecular formula is C16H24N2. The summed E-state index contributed by atoms with van der Waals surface area (Å²) in [6, 6.07) is 9.09. The molecule has 0 aliphatic rings. The summed E-state index contributed by atoms with van der Waals surface area (Å²) >= 11 is 0. The first-order chi connectivity index (χ1) is 8.72. The molecular weight excluding hydrogens is 220 g/mol. The highest BCUT2D eigenvalue weighted by Gasteiger charge is 2.06. The number of terminal acetylenes is 1. The topological polar surface area (TPSA) is 15.3 Å². The number of nitrogens with zero attached hydrogens (tertiary/aromatic N) is 1. The van der Waals surface area contributed by atoms with E-state index < -0.39 is 0 Å². The van der Waals surface area contributed by atoms with Crippen molar-refractivity contribution in [2.75, 3.05) is 24.5 Å². The van der Waals surface area contributed by atoms with Crippen LogP contribution in [0.2, 0.25) is 0 Å². The summed E-state index contributed by atoms with van der Waals surface area (Å²) in [6.07, 6.45) is 6.52. The third-order valence-corrected chi connectivity index (χ3v) is 3.04. The van der Waals surface area contributed by atoms with E-state index in [4.69, 9.17) is 6.42 Å². The average Bonchev–Trinajstić information content (AvgIpc) is 2.39. The largest absolute Gasteiger partial charge is 0.360 e. The molecule has 1 aromatic rings. The van der Waals surface area contributed by atoms with Gasteiger partial charge in [0.15, 0.2) is 0 Å². The Kier molecular flexibility index (Phi) is 6.32. The third-order valence-electron chi connectivity index (χ3n) is 3.04. The van der Waals surface area contributed by atoms with Crippen molar-refractivity contribution in [1.82, 2.24) is 5.32 Å². The minimum absolute atomic E-state index is 0.399. The van der Waals surface area contributed by atoms with Crippen LogP contribution in [0.1, 0.15) is 38.8 Å². The Hall–Kier alpha value is -1.46. The zero-order valence-corrected chi connectivity index (χ0v) is 11.7. The molecule has 0 radical (unpaired) electrons. The van der Waals surface area contributed by atoms with Gasteiger partial charge in [0.05, 0.1) is 6.54 Å². The molecule has 0 amide bonds. The standard InChI is InChI=1S/C16H24N2/c1-5-12-18(13-6-2)16-10-8-15(9-11-16)14(4)17-7-3/h1,8-11,14,17H,6-7,12-13H2,2-4H3. The smallest absolute Gasteiger partial charge is 0.0791 e. The van der Waals surface area contributed by atoms with Crippen LogP contribution in [-0.4, -0.2) is 19.6 Å². The van der Waals surface area contributed by atoms with Crippen molar-refractivity contribution in [1.29, 1.82) is 0 Å². The predicted octanol–water partition coefficient (Wildman–Crippen LogP) is 3.21. The molecule has 1 aromatic carbocycles. The molecule has 1 N–H and O–H groups in total. The summed E-state index contributed by atoms with van der Waals surface area (Å²) in [7, 11) is 0. The molecule has 2 nitrogen and oxygen atoms in total. The van der Waals surface area contributed by atoms with Crippen molar-refractivity contribution >= 4 is 5.69 Å². The summed E-state index contributed by atoms with van der Waals surface area (Å²) in [5.41, 5.74) is 2.53. The van der Waals surface area contributed by atoms with Gasteiger partial charge in [0, 0.05) is 18.3 Å². The number of hydrogen-bond acceptors (Lipinski definition) is 2. The zero-order chi connectivity index (χ0) is 13.4. The van der Waals surface area contributed by atoms with Crippen LogP contribution in [0.15, 0.2) is 24.3 Å². The summed E-state index contributed by atoms with van der Waals surface area (Å²) in [5, 5.41) is 3.41. The van der Waals surface area contributed by atoms with Gasteiger partial charge in [0.2, 0.25) is 0 Å². The second kappa shape index (κ2) is 7.79. The Morgan fingerprint density at radius 2 is 1.94 bits per heavy atom.